The summed E-state index contributed by atoms with van der Waals surface area (Å²) in [6, 6.07) is 17.0. The van der Waals surface area contributed by atoms with Crippen molar-refractivity contribution >= 4 is 34.8 Å². The van der Waals surface area contributed by atoms with Gasteiger partial charge in [-0.25, -0.2) is 4.68 Å². The first-order chi connectivity index (χ1) is 13.5. The summed E-state index contributed by atoms with van der Waals surface area (Å²) in [5.41, 5.74) is 3.32. The van der Waals surface area contributed by atoms with E-state index in [9.17, 15) is 4.79 Å². The van der Waals surface area contributed by atoms with E-state index in [0.29, 0.717) is 23.8 Å². The van der Waals surface area contributed by atoms with E-state index in [1.54, 1.807) is 16.8 Å². The van der Waals surface area contributed by atoms with E-state index in [0.717, 1.165) is 35.2 Å². The Morgan fingerprint density at radius 1 is 0.857 bits per heavy atom. The van der Waals surface area contributed by atoms with Gasteiger partial charge in [-0.3, -0.25) is 4.79 Å². The minimum Gasteiger partial charge on any atom is -0.368 e. The maximum absolute atomic E-state index is 13.2. The van der Waals surface area contributed by atoms with Gasteiger partial charge in [-0.1, -0.05) is 23.2 Å². The molecule has 2 aromatic carbocycles. The van der Waals surface area contributed by atoms with Gasteiger partial charge in [0.15, 0.2) is 0 Å². The summed E-state index contributed by atoms with van der Waals surface area (Å²) >= 11 is 12.0. The molecule has 144 valence electrons. The topological polar surface area (TPSA) is 41.4 Å². The molecule has 1 aromatic heterocycles. The molecule has 0 spiro atoms. The molecule has 3 aromatic rings. The van der Waals surface area contributed by atoms with E-state index in [4.69, 9.17) is 23.2 Å². The van der Waals surface area contributed by atoms with Crippen LogP contribution in [0.25, 0.3) is 5.69 Å². The Kier molecular flexibility index (Phi) is 5.29. The van der Waals surface area contributed by atoms with Crippen molar-refractivity contribution in [3.8, 4) is 5.69 Å². The van der Waals surface area contributed by atoms with E-state index in [-0.39, 0.29) is 5.91 Å². The van der Waals surface area contributed by atoms with Crippen LogP contribution in [-0.4, -0.2) is 46.8 Å². The smallest absolute Gasteiger partial charge is 0.272 e. The SMILES string of the molecule is Cc1cc(C(=O)N2CCN(c3ccc(Cl)cc3)CC2)n(-c2ccc(Cl)cc2)n1. The molecule has 0 radical (unpaired) electrons. The zero-order chi connectivity index (χ0) is 19.7. The van der Waals surface area contributed by atoms with E-state index < -0.39 is 0 Å². The van der Waals surface area contributed by atoms with Crippen LogP contribution in [0.5, 0.6) is 0 Å². The molecule has 1 fully saturated rings. The molecule has 1 saturated heterocycles. The third kappa shape index (κ3) is 3.86. The van der Waals surface area contributed by atoms with Crippen LogP contribution in [0.15, 0.2) is 54.6 Å². The number of carbonyl (C=O) groups excluding carboxylic acids is 1. The molecule has 0 atom stereocenters. The zero-order valence-electron chi connectivity index (χ0n) is 15.5. The van der Waals surface area contributed by atoms with Gasteiger partial charge in [0, 0.05) is 41.9 Å². The summed E-state index contributed by atoms with van der Waals surface area (Å²) in [5, 5.41) is 5.88. The van der Waals surface area contributed by atoms with Crippen molar-refractivity contribution < 1.29 is 4.79 Å². The van der Waals surface area contributed by atoms with E-state index >= 15 is 0 Å². The maximum atomic E-state index is 13.2. The number of anilines is 1. The summed E-state index contributed by atoms with van der Waals surface area (Å²) < 4.78 is 1.69. The van der Waals surface area contributed by atoms with Crippen LogP contribution < -0.4 is 4.90 Å². The summed E-state index contributed by atoms with van der Waals surface area (Å²) in [5.74, 6) is -0.00805. The third-order valence-electron chi connectivity index (χ3n) is 4.88. The van der Waals surface area contributed by atoms with Gasteiger partial charge in [0.25, 0.3) is 5.91 Å². The van der Waals surface area contributed by atoms with Gasteiger partial charge in [-0.15, -0.1) is 0 Å². The molecule has 1 amide bonds. The van der Waals surface area contributed by atoms with E-state index in [1.165, 1.54) is 0 Å². The summed E-state index contributed by atoms with van der Waals surface area (Å²) in [7, 11) is 0. The minimum absolute atomic E-state index is 0.00805. The lowest BCUT2D eigenvalue weighted by molar-refractivity contribution is 0.0737. The van der Waals surface area contributed by atoms with Gasteiger partial charge >= 0.3 is 0 Å². The second-order valence-electron chi connectivity index (χ2n) is 6.81. The predicted octanol–water partition coefficient (Wildman–Crippen LogP) is 4.45. The van der Waals surface area contributed by atoms with Crippen LogP contribution in [-0.2, 0) is 0 Å². The molecule has 0 N–H and O–H groups in total. The van der Waals surface area contributed by atoms with E-state index in [1.807, 2.05) is 54.3 Å². The van der Waals surface area contributed by atoms with Crippen molar-refractivity contribution in [1.29, 1.82) is 0 Å². The molecule has 1 aliphatic rings. The third-order valence-corrected chi connectivity index (χ3v) is 5.38. The predicted molar refractivity (Wildman–Crippen MR) is 113 cm³/mol. The van der Waals surface area contributed by atoms with Crippen molar-refractivity contribution in [3.63, 3.8) is 0 Å². The Morgan fingerprint density at radius 3 is 1.96 bits per heavy atom. The number of benzene rings is 2. The quantitative estimate of drug-likeness (QED) is 0.635. The molecular formula is C21H20Cl2N4O. The Hall–Kier alpha value is -2.50. The largest absolute Gasteiger partial charge is 0.368 e. The standard InChI is InChI=1S/C21H20Cl2N4O/c1-15-14-20(27(24-15)19-8-4-17(23)5-9-19)21(28)26-12-10-25(11-13-26)18-6-2-16(22)3-7-18/h2-9,14H,10-13H2,1H3. The lowest BCUT2D eigenvalue weighted by Gasteiger charge is -2.36. The van der Waals surface area contributed by atoms with Crippen molar-refractivity contribution in [1.82, 2.24) is 14.7 Å². The second-order valence-corrected chi connectivity index (χ2v) is 7.69. The first kappa shape index (κ1) is 18.8. The first-order valence-corrected chi connectivity index (χ1v) is 9.89. The van der Waals surface area contributed by atoms with Gasteiger partial charge in [0.2, 0.25) is 0 Å². The second kappa shape index (κ2) is 7.86. The molecule has 4 rings (SSSR count). The van der Waals surface area contributed by atoms with Crippen LogP contribution in [0.2, 0.25) is 10.0 Å². The highest BCUT2D eigenvalue weighted by Crippen LogP contribution is 2.21. The lowest BCUT2D eigenvalue weighted by atomic mass is 10.2. The Bertz CT molecular complexity index is 975. The summed E-state index contributed by atoms with van der Waals surface area (Å²) in [6.45, 7) is 4.77. The summed E-state index contributed by atoms with van der Waals surface area (Å²) in [4.78, 5) is 17.3. The molecule has 2 heterocycles. The van der Waals surface area contributed by atoms with Crippen LogP contribution >= 0.6 is 23.2 Å². The van der Waals surface area contributed by atoms with Gasteiger partial charge in [-0.2, -0.15) is 5.10 Å². The van der Waals surface area contributed by atoms with Gasteiger partial charge in [0.1, 0.15) is 5.69 Å². The van der Waals surface area contributed by atoms with Gasteiger partial charge in [0.05, 0.1) is 11.4 Å². The number of rotatable bonds is 3. The fourth-order valence-electron chi connectivity index (χ4n) is 3.41. The molecule has 7 heteroatoms. The summed E-state index contributed by atoms with van der Waals surface area (Å²) in [6.07, 6.45) is 0. The van der Waals surface area contributed by atoms with Crippen LogP contribution in [0, 0.1) is 6.92 Å². The first-order valence-electron chi connectivity index (χ1n) is 9.14. The van der Waals surface area contributed by atoms with Crippen molar-refractivity contribution in [3.05, 3.63) is 76.0 Å². The maximum Gasteiger partial charge on any atom is 0.272 e. The van der Waals surface area contributed by atoms with Crippen molar-refractivity contribution in [2.45, 2.75) is 6.92 Å². The monoisotopic (exact) mass is 414 g/mol. The number of hydrogen-bond donors (Lipinski definition) is 0. The Labute approximate surface area is 174 Å². The number of halogens is 2. The minimum atomic E-state index is -0.00805. The van der Waals surface area contributed by atoms with Gasteiger partial charge < -0.3 is 9.80 Å². The molecular weight excluding hydrogens is 395 g/mol. The molecule has 1 aliphatic heterocycles. The number of carbonyl (C=O) groups is 1. The number of hydrogen-bond acceptors (Lipinski definition) is 3. The number of aryl methyl sites for hydroxylation is 1. The molecule has 28 heavy (non-hydrogen) atoms. The lowest BCUT2D eigenvalue weighted by Crippen LogP contribution is -2.49. The zero-order valence-corrected chi connectivity index (χ0v) is 17.0. The Balaban J connectivity index is 1.50. The van der Waals surface area contributed by atoms with Crippen LogP contribution in [0.4, 0.5) is 5.69 Å². The van der Waals surface area contributed by atoms with Crippen molar-refractivity contribution in [2.75, 3.05) is 31.1 Å². The average molecular weight is 415 g/mol. The van der Waals surface area contributed by atoms with Crippen LogP contribution in [0.1, 0.15) is 16.2 Å². The number of amides is 1. The Morgan fingerprint density at radius 2 is 1.39 bits per heavy atom. The highest BCUT2D eigenvalue weighted by atomic mass is 35.5. The molecule has 0 saturated carbocycles. The molecule has 0 bridgehead atoms. The fraction of sp³-hybridized carbons (Fsp3) is 0.238. The van der Waals surface area contributed by atoms with Crippen molar-refractivity contribution in [2.24, 2.45) is 0 Å². The highest BCUT2D eigenvalue weighted by molar-refractivity contribution is 6.30. The number of piperazine rings is 1. The molecule has 0 aliphatic carbocycles. The normalized spacial score (nSPS) is 14.4. The van der Waals surface area contributed by atoms with Crippen LogP contribution in [0.3, 0.4) is 0 Å². The fourth-order valence-corrected chi connectivity index (χ4v) is 3.66. The average Bonchev–Trinajstić information content (AvgIpc) is 3.10. The number of aromatic nitrogens is 2. The molecule has 5 nitrogen and oxygen atoms in total. The van der Waals surface area contributed by atoms with Gasteiger partial charge in [-0.05, 0) is 61.5 Å². The molecule has 0 unspecified atom stereocenters. The highest BCUT2D eigenvalue weighted by Gasteiger charge is 2.25. The van der Waals surface area contributed by atoms with E-state index in [2.05, 4.69) is 10.00 Å². The number of nitrogens with zero attached hydrogens (tertiary/aromatic N) is 4.